The Labute approximate surface area is 148 Å². The van der Waals surface area contributed by atoms with Gasteiger partial charge >= 0.3 is 0 Å². The van der Waals surface area contributed by atoms with E-state index in [4.69, 9.17) is 0 Å². The Balaban J connectivity index is 1.80. The average molecular weight is 349 g/mol. The Morgan fingerprint density at radius 2 is 1.81 bits per heavy atom. The van der Waals surface area contributed by atoms with Gasteiger partial charge in [-0.2, -0.15) is 5.10 Å². The van der Waals surface area contributed by atoms with Crippen LogP contribution in [0.2, 0.25) is 0 Å². The van der Waals surface area contributed by atoms with Crippen LogP contribution in [0, 0.1) is 6.92 Å². The Morgan fingerprint density at radius 1 is 1.12 bits per heavy atom. The SMILES string of the molecule is CC(=O)Nc1ccc(N2C(=O)c3cnc4c(c(C)nn4C)c3C2=O)cc1. The van der Waals surface area contributed by atoms with Crippen molar-refractivity contribution in [2.75, 3.05) is 10.2 Å². The van der Waals surface area contributed by atoms with Crippen LogP contribution in [0.1, 0.15) is 33.3 Å². The number of aryl methyl sites for hydroxylation is 2. The Morgan fingerprint density at radius 3 is 2.46 bits per heavy atom. The number of hydrogen-bond acceptors (Lipinski definition) is 5. The van der Waals surface area contributed by atoms with Crippen LogP contribution in [-0.2, 0) is 11.8 Å². The average Bonchev–Trinajstić information content (AvgIpc) is 3.02. The molecule has 3 aromatic rings. The summed E-state index contributed by atoms with van der Waals surface area (Å²) in [5.74, 6) is -1.02. The summed E-state index contributed by atoms with van der Waals surface area (Å²) in [5.41, 5.74) is 2.83. The summed E-state index contributed by atoms with van der Waals surface area (Å²) in [6.45, 7) is 3.19. The van der Waals surface area contributed by atoms with Crippen molar-refractivity contribution in [3.63, 3.8) is 0 Å². The third-order valence-electron chi connectivity index (χ3n) is 4.32. The largest absolute Gasteiger partial charge is 0.326 e. The van der Waals surface area contributed by atoms with Gasteiger partial charge in [0.15, 0.2) is 5.65 Å². The van der Waals surface area contributed by atoms with Crippen molar-refractivity contribution in [2.24, 2.45) is 7.05 Å². The Bertz CT molecular complexity index is 1100. The molecule has 2 aromatic heterocycles. The minimum absolute atomic E-state index is 0.195. The van der Waals surface area contributed by atoms with E-state index in [-0.39, 0.29) is 11.5 Å². The molecule has 0 unspecified atom stereocenters. The first kappa shape index (κ1) is 15.9. The van der Waals surface area contributed by atoms with Gasteiger partial charge in [0.1, 0.15) is 0 Å². The lowest BCUT2D eigenvalue weighted by Crippen LogP contribution is -2.29. The number of anilines is 2. The molecular formula is C18H15N5O3. The first-order chi connectivity index (χ1) is 12.4. The van der Waals surface area contributed by atoms with E-state index in [2.05, 4.69) is 15.4 Å². The van der Waals surface area contributed by atoms with Gasteiger partial charge in [0, 0.05) is 25.9 Å². The highest BCUT2D eigenvalue weighted by molar-refractivity contribution is 6.37. The molecule has 26 heavy (non-hydrogen) atoms. The Kier molecular flexibility index (Phi) is 3.36. The van der Waals surface area contributed by atoms with Gasteiger partial charge in [-0.15, -0.1) is 0 Å². The van der Waals surface area contributed by atoms with Crippen molar-refractivity contribution in [1.82, 2.24) is 14.8 Å². The molecule has 1 N–H and O–H groups in total. The fraction of sp³-hybridized carbons (Fsp3) is 0.167. The quantitative estimate of drug-likeness (QED) is 0.714. The highest BCUT2D eigenvalue weighted by Crippen LogP contribution is 2.33. The van der Waals surface area contributed by atoms with Crippen molar-refractivity contribution in [2.45, 2.75) is 13.8 Å². The van der Waals surface area contributed by atoms with E-state index < -0.39 is 11.8 Å². The number of benzene rings is 1. The van der Waals surface area contributed by atoms with E-state index in [0.717, 1.165) is 4.90 Å². The number of aromatic nitrogens is 3. The molecule has 8 heteroatoms. The summed E-state index contributed by atoms with van der Waals surface area (Å²) in [6.07, 6.45) is 1.42. The van der Waals surface area contributed by atoms with Crippen LogP contribution in [0.4, 0.5) is 11.4 Å². The molecule has 130 valence electrons. The predicted octanol–water partition coefficient (Wildman–Crippen LogP) is 2.04. The molecule has 3 amide bonds. The molecule has 4 rings (SSSR count). The number of fused-ring (bicyclic) bond motifs is 3. The minimum Gasteiger partial charge on any atom is -0.326 e. The molecule has 0 fully saturated rings. The molecule has 0 spiro atoms. The van der Waals surface area contributed by atoms with Gasteiger partial charge in [-0.1, -0.05) is 0 Å². The summed E-state index contributed by atoms with van der Waals surface area (Å²) in [4.78, 5) is 42.3. The summed E-state index contributed by atoms with van der Waals surface area (Å²) < 4.78 is 1.59. The highest BCUT2D eigenvalue weighted by atomic mass is 16.2. The number of hydrogen-bond donors (Lipinski definition) is 1. The molecule has 3 heterocycles. The van der Waals surface area contributed by atoms with Crippen molar-refractivity contribution in [3.8, 4) is 0 Å². The molecule has 0 radical (unpaired) electrons. The van der Waals surface area contributed by atoms with Crippen LogP contribution in [0.25, 0.3) is 11.0 Å². The maximum Gasteiger partial charge on any atom is 0.267 e. The lowest BCUT2D eigenvalue weighted by atomic mass is 10.1. The van der Waals surface area contributed by atoms with Crippen molar-refractivity contribution < 1.29 is 14.4 Å². The minimum atomic E-state index is -0.421. The van der Waals surface area contributed by atoms with E-state index in [1.165, 1.54) is 13.1 Å². The van der Waals surface area contributed by atoms with E-state index in [1.807, 2.05) is 0 Å². The normalized spacial score (nSPS) is 13.4. The van der Waals surface area contributed by atoms with Gasteiger partial charge in [-0.05, 0) is 31.2 Å². The summed E-state index contributed by atoms with van der Waals surface area (Å²) in [5, 5.41) is 7.54. The number of carbonyl (C=O) groups excluding carboxylic acids is 3. The van der Waals surface area contributed by atoms with Gasteiger partial charge in [0.25, 0.3) is 11.8 Å². The third kappa shape index (κ3) is 2.19. The monoisotopic (exact) mass is 349 g/mol. The topological polar surface area (TPSA) is 97.2 Å². The maximum absolute atomic E-state index is 13.0. The molecule has 0 saturated carbocycles. The van der Waals surface area contributed by atoms with Crippen molar-refractivity contribution in [1.29, 1.82) is 0 Å². The third-order valence-corrected chi connectivity index (χ3v) is 4.32. The van der Waals surface area contributed by atoms with E-state index in [0.29, 0.717) is 33.7 Å². The van der Waals surface area contributed by atoms with Crippen LogP contribution < -0.4 is 10.2 Å². The second-order valence-electron chi connectivity index (χ2n) is 6.13. The zero-order valence-electron chi connectivity index (χ0n) is 14.4. The molecule has 8 nitrogen and oxygen atoms in total. The fourth-order valence-electron chi connectivity index (χ4n) is 3.25. The number of rotatable bonds is 2. The van der Waals surface area contributed by atoms with E-state index >= 15 is 0 Å². The number of nitrogens with zero attached hydrogens (tertiary/aromatic N) is 4. The van der Waals surface area contributed by atoms with Gasteiger partial charge in [-0.25, -0.2) is 9.88 Å². The zero-order chi connectivity index (χ0) is 18.6. The maximum atomic E-state index is 13.0. The lowest BCUT2D eigenvalue weighted by Gasteiger charge is -2.14. The van der Waals surface area contributed by atoms with Crippen LogP contribution >= 0.6 is 0 Å². The Hall–Kier alpha value is -3.55. The second-order valence-corrected chi connectivity index (χ2v) is 6.13. The number of pyridine rings is 1. The predicted molar refractivity (Wildman–Crippen MR) is 95.1 cm³/mol. The van der Waals surface area contributed by atoms with E-state index in [1.54, 1.807) is 42.9 Å². The number of nitrogens with one attached hydrogen (secondary N) is 1. The van der Waals surface area contributed by atoms with Crippen LogP contribution in [0.15, 0.2) is 30.5 Å². The van der Waals surface area contributed by atoms with Crippen molar-refractivity contribution >= 4 is 40.1 Å². The standard InChI is InChI=1S/C18H15N5O3/c1-9-14-15-13(8-19-16(14)22(3)21-9)17(25)23(18(15)26)12-6-4-11(5-7-12)20-10(2)24/h4-8H,1-3H3,(H,20,24). The number of amides is 3. The molecule has 0 saturated heterocycles. The molecule has 0 atom stereocenters. The number of imide groups is 1. The molecule has 1 aliphatic rings. The summed E-state index contributed by atoms with van der Waals surface area (Å²) >= 11 is 0. The van der Waals surface area contributed by atoms with E-state index in [9.17, 15) is 14.4 Å². The first-order valence-electron chi connectivity index (χ1n) is 7.97. The van der Waals surface area contributed by atoms with Gasteiger partial charge in [-0.3, -0.25) is 19.1 Å². The smallest absolute Gasteiger partial charge is 0.267 e. The van der Waals surface area contributed by atoms with Crippen LogP contribution in [-0.4, -0.2) is 32.5 Å². The second kappa shape index (κ2) is 5.48. The molecule has 1 aromatic carbocycles. The lowest BCUT2D eigenvalue weighted by molar-refractivity contribution is -0.114. The first-order valence-corrected chi connectivity index (χ1v) is 7.97. The molecule has 0 bridgehead atoms. The van der Waals surface area contributed by atoms with Gasteiger partial charge in [0.05, 0.1) is 27.9 Å². The number of carbonyl (C=O) groups is 3. The molecule has 0 aliphatic carbocycles. The zero-order valence-corrected chi connectivity index (χ0v) is 14.4. The van der Waals surface area contributed by atoms with Crippen LogP contribution in [0.3, 0.4) is 0 Å². The highest BCUT2D eigenvalue weighted by Gasteiger charge is 2.39. The van der Waals surface area contributed by atoms with Crippen LogP contribution in [0.5, 0.6) is 0 Å². The summed E-state index contributed by atoms with van der Waals surface area (Å²) in [6, 6.07) is 6.52. The molecule has 1 aliphatic heterocycles. The summed E-state index contributed by atoms with van der Waals surface area (Å²) in [7, 11) is 1.74. The fourth-order valence-corrected chi connectivity index (χ4v) is 3.25. The van der Waals surface area contributed by atoms with Gasteiger partial charge in [0.2, 0.25) is 5.91 Å². The van der Waals surface area contributed by atoms with Crippen molar-refractivity contribution in [3.05, 3.63) is 47.3 Å². The molecular weight excluding hydrogens is 334 g/mol. The van der Waals surface area contributed by atoms with Gasteiger partial charge < -0.3 is 5.32 Å².